The van der Waals surface area contributed by atoms with Gasteiger partial charge in [0.15, 0.2) is 0 Å². The van der Waals surface area contributed by atoms with Gasteiger partial charge in [0.1, 0.15) is 12.4 Å². The Morgan fingerprint density at radius 1 is 0.929 bits per heavy atom. The first kappa shape index (κ1) is 18.5. The molecule has 0 aromatic heterocycles. The molecule has 2 unspecified atom stereocenters. The Kier molecular flexibility index (Phi) is 5.33. The van der Waals surface area contributed by atoms with Crippen molar-refractivity contribution in [3.63, 3.8) is 0 Å². The number of hydrogen-bond acceptors (Lipinski definition) is 5. The molecule has 28 heavy (non-hydrogen) atoms. The molecule has 2 aromatic carbocycles. The second-order valence-corrected chi connectivity index (χ2v) is 7.40. The van der Waals surface area contributed by atoms with Gasteiger partial charge in [0.25, 0.3) is 0 Å². The molecule has 2 fully saturated rings. The topological polar surface area (TPSA) is 61.8 Å². The van der Waals surface area contributed by atoms with Crippen LogP contribution in [-0.4, -0.2) is 24.6 Å². The van der Waals surface area contributed by atoms with Gasteiger partial charge in [0.2, 0.25) is 0 Å². The first-order chi connectivity index (χ1) is 13.7. The fraction of sp³-hybridized carbons (Fsp3) is 0.391. The van der Waals surface area contributed by atoms with Gasteiger partial charge in [-0.15, -0.1) is 0 Å². The van der Waals surface area contributed by atoms with Crippen molar-refractivity contribution < 1.29 is 23.8 Å². The number of ether oxygens (including phenoxy) is 3. The van der Waals surface area contributed by atoms with Gasteiger partial charge in [-0.2, -0.15) is 0 Å². The molecule has 0 aliphatic heterocycles. The lowest BCUT2D eigenvalue weighted by Crippen LogP contribution is -2.19. The highest BCUT2D eigenvalue weighted by Gasteiger charge is 2.61. The number of rotatable bonds is 7. The van der Waals surface area contributed by atoms with E-state index in [9.17, 15) is 9.59 Å². The molecule has 5 nitrogen and oxygen atoms in total. The predicted molar refractivity (Wildman–Crippen MR) is 103 cm³/mol. The van der Waals surface area contributed by atoms with Crippen LogP contribution in [0.25, 0.3) is 0 Å². The van der Waals surface area contributed by atoms with Crippen molar-refractivity contribution in [2.24, 2.45) is 17.8 Å². The van der Waals surface area contributed by atoms with E-state index in [1.54, 1.807) is 24.3 Å². The lowest BCUT2D eigenvalue weighted by atomic mass is 10.1. The van der Waals surface area contributed by atoms with Crippen LogP contribution in [-0.2, 0) is 20.9 Å². The molecule has 0 saturated heterocycles. The molecule has 0 radical (unpaired) electrons. The first-order valence-electron chi connectivity index (χ1n) is 9.80. The van der Waals surface area contributed by atoms with Crippen LogP contribution >= 0.6 is 0 Å². The lowest BCUT2D eigenvalue weighted by Gasteiger charge is -2.17. The third-order valence-electron chi connectivity index (χ3n) is 5.57. The molecule has 146 valence electrons. The van der Waals surface area contributed by atoms with E-state index in [0.717, 1.165) is 24.2 Å². The quantitative estimate of drug-likeness (QED) is 0.679. The molecular weight excluding hydrogens is 356 g/mol. The second kappa shape index (κ2) is 8.05. The highest BCUT2D eigenvalue weighted by Crippen LogP contribution is 2.58. The Hall–Kier alpha value is -2.82. The van der Waals surface area contributed by atoms with E-state index < -0.39 is 0 Å². The van der Waals surface area contributed by atoms with Gasteiger partial charge in [0.05, 0.1) is 24.2 Å². The summed E-state index contributed by atoms with van der Waals surface area (Å²) in [6, 6.07) is 16.6. The average Bonchev–Trinajstić information content (AvgIpc) is 3.23. The minimum Gasteiger partial charge on any atom is -0.490 e. The fourth-order valence-electron chi connectivity index (χ4n) is 4.14. The summed E-state index contributed by atoms with van der Waals surface area (Å²) in [6.45, 7) is 2.53. The average molecular weight is 380 g/mol. The van der Waals surface area contributed by atoms with Crippen LogP contribution < -0.4 is 4.74 Å². The van der Waals surface area contributed by atoms with Gasteiger partial charge in [-0.1, -0.05) is 30.3 Å². The number of esters is 2. The predicted octanol–water partition coefficient (Wildman–Crippen LogP) is 4.01. The van der Waals surface area contributed by atoms with Crippen LogP contribution in [0.1, 0.15) is 35.7 Å². The van der Waals surface area contributed by atoms with E-state index in [1.165, 1.54) is 0 Å². The summed E-state index contributed by atoms with van der Waals surface area (Å²) in [5.74, 6) is 1.19. The van der Waals surface area contributed by atoms with Crippen molar-refractivity contribution in [1.82, 2.24) is 0 Å². The minimum atomic E-state index is -0.352. The molecule has 0 N–H and O–H groups in total. The van der Waals surface area contributed by atoms with E-state index in [0.29, 0.717) is 24.0 Å². The Balaban J connectivity index is 1.24. The van der Waals surface area contributed by atoms with Crippen molar-refractivity contribution >= 4 is 11.9 Å². The Morgan fingerprint density at radius 2 is 1.61 bits per heavy atom. The smallest absolute Gasteiger partial charge is 0.338 e. The molecule has 0 bridgehead atoms. The fourth-order valence-corrected chi connectivity index (χ4v) is 4.14. The molecule has 2 aliphatic rings. The summed E-state index contributed by atoms with van der Waals surface area (Å²) >= 11 is 0. The number of benzene rings is 2. The number of fused-ring (bicyclic) bond motifs is 1. The van der Waals surface area contributed by atoms with Gasteiger partial charge >= 0.3 is 11.9 Å². The van der Waals surface area contributed by atoms with Gasteiger partial charge in [-0.3, -0.25) is 4.79 Å². The maximum Gasteiger partial charge on any atom is 0.338 e. The molecule has 0 heterocycles. The van der Waals surface area contributed by atoms with Crippen molar-refractivity contribution in [2.75, 3.05) is 6.61 Å². The van der Waals surface area contributed by atoms with Crippen LogP contribution in [0.15, 0.2) is 54.6 Å². The Morgan fingerprint density at radius 3 is 2.25 bits per heavy atom. The maximum absolute atomic E-state index is 12.2. The standard InChI is InChI=1S/C23H24O5/c1-2-26-23(25)21-19-12-18(13-20(19)21)28-17-10-8-16(9-11-17)22(24)27-14-15-6-4-3-5-7-15/h3-11,18-21H,2,12-14H2,1H3. The van der Waals surface area contributed by atoms with Gasteiger partial charge in [0, 0.05) is 0 Å². The number of carbonyl (C=O) groups is 2. The monoisotopic (exact) mass is 380 g/mol. The van der Waals surface area contributed by atoms with Crippen molar-refractivity contribution in [2.45, 2.75) is 32.5 Å². The third kappa shape index (κ3) is 4.03. The first-order valence-corrected chi connectivity index (χ1v) is 9.80. The van der Waals surface area contributed by atoms with Crippen molar-refractivity contribution in [3.05, 3.63) is 65.7 Å². The zero-order valence-corrected chi connectivity index (χ0v) is 15.9. The number of carbonyl (C=O) groups excluding carboxylic acids is 2. The second-order valence-electron chi connectivity index (χ2n) is 7.40. The van der Waals surface area contributed by atoms with E-state index in [4.69, 9.17) is 14.2 Å². The zero-order valence-electron chi connectivity index (χ0n) is 15.9. The molecule has 2 saturated carbocycles. The zero-order chi connectivity index (χ0) is 19.5. The maximum atomic E-state index is 12.2. The number of hydrogen-bond donors (Lipinski definition) is 0. The van der Waals surface area contributed by atoms with E-state index in [2.05, 4.69) is 0 Å². The van der Waals surface area contributed by atoms with E-state index in [-0.39, 0.29) is 30.6 Å². The third-order valence-corrected chi connectivity index (χ3v) is 5.57. The lowest BCUT2D eigenvalue weighted by molar-refractivity contribution is -0.145. The summed E-state index contributed by atoms with van der Waals surface area (Å²) in [4.78, 5) is 24.0. The minimum absolute atomic E-state index is 0.0608. The highest BCUT2D eigenvalue weighted by molar-refractivity contribution is 5.89. The molecule has 2 aromatic rings. The Bertz CT molecular complexity index is 818. The highest BCUT2D eigenvalue weighted by atomic mass is 16.5. The molecule has 4 rings (SSSR count). The van der Waals surface area contributed by atoms with E-state index in [1.807, 2.05) is 37.3 Å². The SMILES string of the molecule is CCOC(=O)C1C2CC(Oc3ccc(C(=O)OCc4ccccc4)cc3)CC21. The molecule has 0 amide bonds. The summed E-state index contributed by atoms with van der Waals surface area (Å²) in [5.41, 5.74) is 1.46. The van der Waals surface area contributed by atoms with Crippen molar-refractivity contribution in [3.8, 4) is 5.75 Å². The summed E-state index contributed by atoms with van der Waals surface area (Å²) in [7, 11) is 0. The summed E-state index contributed by atoms with van der Waals surface area (Å²) in [6.07, 6.45) is 1.89. The summed E-state index contributed by atoms with van der Waals surface area (Å²) in [5, 5.41) is 0. The normalized spacial score (nSPS) is 24.9. The van der Waals surface area contributed by atoms with Gasteiger partial charge in [-0.25, -0.2) is 4.79 Å². The molecule has 2 atom stereocenters. The summed E-state index contributed by atoms with van der Waals surface area (Å²) < 4.78 is 16.5. The van der Waals surface area contributed by atoms with Crippen LogP contribution in [0.4, 0.5) is 0 Å². The van der Waals surface area contributed by atoms with Crippen LogP contribution in [0.5, 0.6) is 5.75 Å². The van der Waals surface area contributed by atoms with Gasteiger partial charge < -0.3 is 14.2 Å². The van der Waals surface area contributed by atoms with Crippen molar-refractivity contribution in [1.29, 1.82) is 0 Å². The molecular formula is C23H24O5. The largest absolute Gasteiger partial charge is 0.490 e. The van der Waals surface area contributed by atoms with Crippen LogP contribution in [0.2, 0.25) is 0 Å². The molecule has 2 aliphatic carbocycles. The Labute approximate surface area is 164 Å². The molecule has 5 heteroatoms. The molecule has 0 spiro atoms. The van der Waals surface area contributed by atoms with Crippen LogP contribution in [0, 0.1) is 17.8 Å². The van der Waals surface area contributed by atoms with E-state index >= 15 is 0 Å². The van der Waals surface area contributed by atoms with Gasteiger partial charge in [-0.05, 0) is 61.4 Å². The van der Waals surface area contributed by atoms with Crippen LogP contribution in [0.3, 0.4) is 0 Å².